The fraction of sp³-hybridized carbons (Fsp3) is 1.00. The van der Waals surface area contributed by atoms with Crippen molar-refractivity contribution >= 4 is 0 Å². The smallest absolute Gasteiger partial charge is 0.00868 e. The molecule has 0 aliphatic rings. The van der Waals surface area contributed by atoms with Crippen LogP contribution in [0, 0.1) is 17.8 Å². The largest absolute Gasteiger partial charge is 0.330 e. The van der Waals surface area contributed by atoms with Gasteiger partial charge in [0.2, 0.25) is 0 Å². The second-order valence-corrected chi connectivity index (χ2v) is 5.99. The molecule has 2 N–H and O–H groups in total. The van der Waals surface area contributed by atoms with Crippen LogP contribution in [-0.2, 0) is 0 Å². The Morgan fingerprint density at radius 2 is 1.62 bits per heavy atom. The maximum atomic E-state index is 5.82. The normalized spacial score (nSPS) is 16.1. The summed E-state index contributed by atoms with van der Waals surface area (Å²) in [6, 6.07) is 0.664. The minimum Gasteiger partial charge on any atom is -0.330 e. The van der Waals surface area contributed by atoms with Gasteiger partial charge >= 0.3 is 0 Å². The van der Waals surface area contributed by atoms with Crippen LogP contribution in [0.15, 0.2) is 0 Å². The van der Waals surface area contributed by atoms with Gasteiger partial charge in [-0.25, -0.2) is 0 Å². The Morgan fingerprint density at radius 1 is 1.06 bits per heavy atom. The molecule has 0 aliphatic heterocycles. The zero-order chi connectivity index (χ0) is 12.7. The Labute approximate surface area is 103 Å². The molecule has 0 saturated carbocycles. The van der Waals surface area contributed by atoms with Crippen molar-refractivity contribution < 1.29 is 0 Å². The molecule has 0 amide bonds. The molecule has 0 heterocycles. The van der Waals surface area contributed by atoms with Crippen LogP contribution >= 0.6 is 0 Å². The Balaban J connectivity index is 3.91. The van der Waals surface area contributed by atoms with Crippen molar-refractivity contribution in [1.29, 1.82) is 0 Å². The van der Waals surface area contributed by atoms with Gasteiger partial charge < -0.3 is 10.6 Å². The van der Waals surface area contributed by atoms with E-state index in [9.17, 15) is 0 Å². The molecule has 2 heteroatoms. The average molecular weight is 228 g/mol. The fourth-order valence-corrected chi connectivity index (χ4v) is 2.10. The standard InChI is InChI=1S/C14H32N2/c1-11(2)9-14(10-15)7-8-16(6)13(5)12(3)4/h11-14H,7-10,15H2,1-6H3. The molecule has 98 valence electrons. The first-order valence-corrected chi connectivity index (χ1v) is 6.78. The minimum absolute atomic E-state index is 0.664. The third kappa shape index (κ3) is 6.49. The van der Waals surface area contributed by atoms with Crippen LogP contribution in [0.2, 0.25) is 0 Å². The van der Waals surface area contributed by atoms with Gasteiger partial charge in [-0.1, -0.05) is 27.7 Å². The van der Waals surface area contributed by atoms with Crippen molar-refractivity contribution in [3.63, 3.8) is 0 Å². The number of hydrogen-bond acceptors (Lipinski definition) is 2. The first-order chi connectivity index (χ1) is 7.38. The molecule has 0 aliphatic carbocycles. The first-order valence-electron chi connectivity index (χ1n) is 6.78. The van der Waals surface area contributed by atoms with Crippen LogP contribution in [0.3, 0.4) is 0 Å². The van der Waals surface area contributed by atoms with Gasteiger partial charge in [-0.15, -0.1) is 0 Å². The maximum Gasteiger partial charge on any atom is 0.00868 e. The molecular weight excluding hydrogens is 196 g/mol. The highest BCUT2D eigenvalue weighted by atomic mass is 15.1. The van der Waals surface area contributed by atoms with E-state index in [0.717, 1.165) is 18.4 Å². The fourth-order valence-electron chi connectivity index (χ4n) is 2.10. The second kappa shape index (κ2) is 8.08. The second-order valence-electron chi connectivity index (χ2n) is 5.99. The molecule has 2 unspecified atom stereocenters. The van der Waals surface area contributed by atoms with E-state index in [1.807, 2.05) is 0 Å². The van der Waals surface area contributed by atoms with Crippen LogP contribution < -0.4 is 5.73 Å². The lowest BCUT2D eigenvalue weighted by molar-refractivity contribution is 0.191. The lowest BCUT2D eigenvalue weighted by Crippen LogP contribution is -2.35. The van der Waals surface area contributed by atoms with E-state index in [0.29, 0.717) is 12.0 Å². The summed E-state index contributed by atoms with van der Waals surface area (Å²) in [6.07, 6.45) is 2.50. The highest BCUT2D eigenvalue weighted by Gasteiger charge is 2.15. The predicted molar refractivity (Wildman–Crippen MR) is 73.5 cm³/mol. The van der Waals surface area contributed by atoms with E-state index in [1.165, 1.54) is 19.4 Å². The summed E-state index contributed by atoms with van der Waals surface area (Å²) in [5.74, 6) is 2.19. The summed E-state index contributed by atoms with van der Waals surface area (Å²) >= 11 is 0. The molecular formula is C14H32N2. The zero-order valence-electron chi connectivity index (χ0n) is 12.2. The molecule has 0 saturated heterocycles. The number of hydrogen-bond donors (Lipinski definition) is 1. The Morgan fingerprint density at radius 3 is 2.00 bits per heavy atom. The Hall–Kier alpha value is -0.0800. The monoisotopic (exact) mass is 228 g/mol. The van der Waals surface area contributed by atoms with Crippen molar-refractivity contribution in [2.75, 3.05) is 20.1 Å². The SMILES string of the molecule is CC(C)CC(CN)CCN(C)C(C)C(C)C. The first kappa shape index (κ1) is 15.9. The van der Waals surface area contributed by atoms with Crippen LogP contribution in [0.25, 0.3) is 0 Å². The molecule has 0 aromatic heterocycles. The van der Waals surface area contributed by atoms with E-state index in [2.05, 4.69) is 46.6 Å². The molecule has 0 radical (unpaired) electrons. The van der Waals surface area contributed by atoms with Gasteiger partial charge in [0.1, 0.15) is 0 Å². The summed E-state index contributed by atoms with van der Waals surface area (Å²) in [7, 11) is 2.23. The van der Waals surface area contributed by atoms with Gasteiger partial charge in [0.05, 0.1) is 0 Å². The molecule has 2 atom stereocenters. The lowest BCUT2D eigenvalue weighted by Gasteiger charge is -2.29. The number of nitrogens with two attached hydrogens (primary N) is 1. The van der Waals surface area contributed by atoms with Crippen molar-refractivity contribution in [3.8, 4) is 0 Å². The molecule has 0 rings (SSSR count). The van der Waals surface area contributed by atoms with E-state index < -0.39 is 0 Å². The minimum atomic E-state index is 0.664. The quantitative estimate of drug-likeness (QED) is 0.692. The van der Waals surface area contributed by atoms with E-state index in [4.69, 9.17) is 5.73 Å². The summed E-state index contributed by atoms with van der Waals surface area (Å²) in [4.78, 5) is 2.47. The highest BCUT2D eigenvalue weighted by molar-refractivity contribution is 4.70. The molecule has 0 fully saturated rings. The summed E-state index contributed by atoms with van der Waals surface area (Å²) in [6.45, 7) is 13.5. The molecule has 0 aromatic carbocycles. The molecule has 0 bridgehead atoms. The average Bonchev–Trinajstić information content (AvgIpc) is 2.21. The third-order valence-corrected chi connectivity index (χ3v) is 3.69. The van der Waals surface area contributed by atoms with E-state index in [-0.39, 0.29) is 0 Å². The summed E-state index contributed by atoms with van der Waals surface area (Å²) < 4.78 is 0. The lowest BCUT2D eigenvalue weighted by atomic mass is 9.93. The van der Waals surface area contributed by atoms with Crippen LogP contribution in [0.1, 0.15) is 47.5 Å². The van der Waals surface area contributed by atoms with Gasteiger partial charge in [0.25, 0.3) is 0 Å². The number of nitrogens with zero attached hydrogens (tertiary/aromatic N) is 1. The summed E-state index contributed by atoms with van der Waals surface area (Å²) in [5.41, 5.74) is 5.82. The van der Waals surface area contributed by atoms with Crippen molar-refractivity contribution in [3.05, 3.63) is 0 Å². The highest BCUT2D eigenvalue weighted by Crippen LogP contribution is 2.16. The summed E-state index contributed by atoms with van der Waals surface area (Å²) in [5, 5.41) is 0. The van der Waals surface area contributed by atoms with Crippen LogP contribution in [-0.4, -0.2) is 31.1 Å². The van der Waals surface area contributed by atoms with Crippen LogP contribution in [0.4, 0.5) is 0 Å². The van der Waals surface area contributed by atoms with Crippen molar-refractivity contribution in [1.82, 2.24) is 4.90 Å². The van der Waals surface area contributed by atoms with E-state index >= 15 is 0 Å². The van der Waals surface area contributed by atoms with Gasteiger partial charge in [-0.3, -0.25) is 0 Å². The van der Waals surface area contributed by atoms with Crippen molar-refractivity contribution in [2.45, 2.75) is 53.5 Å². The van der Waals surface area contributed by atoms with Crippen molar-refractivity contribution in [2.24, 2.45) is 23.5 Å². The molecule has 16 heavy (non-hydrogen) atoms. The Kier molecular flexibility index (Phi) is 8.04. The third-order valence-electron chi connectivity index (χ3n) is 3.69. The van der Waals surface area contributed by atoms with Crippen LogP contribution in [0.5, 0.6) is 0 Å². The van der Waals surface area contributed by atoms with Gasteiger partial charge in [0.15, 0.2) is 0 Å². The Bertz CT molecular complexity index is 164. The molecule has 0 spiro atoms. The van der Waals surface area contributed by atoms with Gasteiger partial charge in [-0.05, 0) is 57.7 Å². The topological polar surface area (TPSA) is 29.3 Å². The number of rotatable bonds is 8. The molecule has 0 aromatic rings. The predicted octanol–water partition coefficient (Wildman–Crippen LogP) is 2.97. The maximum absolute atomic E-state index is 5.82. The van der Waals surface area contributed by atoms with E-state index in [1.54, 1.807) is 0 Å². The zero-order valence-corrected chi connectivity index (χ0v) is 12.2. The van der Waals surface area contributed by atoms with Gasteiger partial charge in [-0.2, -0.15) is 0 Å². The molecule has 2 nitrogen and oxygen atoms in total. The van der Waals surface area contributed by atoms with Gasteiger partial charge in [0, 0.05) is 6.04 Å².